The number of thioether (sulfide) groups is 1. The highest BCUT2D eigenvalue weighted by Gasteiger charge is 1.95. The maximum absolute atomic E-state index is 3.69. The van der Waals surface area contributed by atoms with Crippen molar-refractivity contribution in [2.45, 2.75) is 6.54 Å². The molecule has 0 amide bonds. The van der Waals surface area contributed by atoms with Crippen LogP contribution in [-0.4, -0.2) is 12.8 Å². The average Bonchev–Trinajstić information content (AvgIpc) is 2.69. The topological polar surface area (TPSA) is 12.0 Å². The zero-order chi connectivity index (χ0) is 10.2. The van der Waals surface area contributed by atoms with Gasteiger partial charge in [0.2, 0.25) is 0 Å². The fourth-order valence-corrected chi connectivity index (χ4v) is 2.21. The summed E-state index contributed by atoms with van der Waals surface area (Å²) < 4.78 is 0. The molecule has 14 heavy (non-hydrogen) atoms. The molecule has 0 fully saturated rings. The highest BCUT2D eigenvalue weighted by molar-refractivity contribution is 8.02. The van der Waals surface area contributed by atoms with Gasteiger partial charge in [0.05, 0.1) is 0 Å². The summed E-state index contributed by atoms with van der Waals surface area (Å²) >= 11 is 3.55. The molecule has 0 saturated carbocycles. The van der Waals surface area contributed by atoms with Gasteiger partial charge < -0.3 is 5.32 Å². The van der Waals surface area contributed by atoms with Gasteiger partial charge in [-0.1, -0.05) is 24.8 Å². The van der Waals surface area contributed by atoms with Crippen molar-refractivity contribution < 1.29 is 1.43 Å². The SMILES string of the molecule is C=C/C=C(/CNCc1cccs1)SC.[HH]. The second-order valence-corrected chi connectivity index (χ2v) is 4.72. The summed E-state index contributed by atoms with van der Waals surface area (Å²) in [6, 6.07) is 4.23. The number of thiophene rings is 1. The predicted molar refractivity (Wildman–Crippen MR) is 69.9 cm³/mol. The lowest BCUT2D eigenvalue weighted by Gasteiger charge is -2.04. The molecule has 0 saturated heterocycles. The van der Waals surface area contributed by atoms with Crippen molar-refractivity contribution in [2.75, 3.05) is 12.8 Å². The highest BCUT2D eigenvalue weighted by atomic mass is 32.2. The zero-order valence-corrected chi connectivity index (χ0v) is 9.96. The Morgan fingerprint density at radius 2 is 2.64 bits per heavy atom. The van der Waals surface area contributed by atoms with Crippen LogP contribution in [0.3, 0.4) is 0 Å². The van der Waals surface area contributed by atoms with Gasteiger partial charge in [0.15, 0.2) is 0 Å². The van der Waals surface area contributed by atoms with Crippen molar-refractivity contribution in [3.63, 3.8) is 0 Å². The van der Waals surface area contributed by atoms with Crippen LogP contribution >= 0.6 is 23.1 Å². The van der Waals surface area contributed by atoms with Gasteiger partial charge in [0.1, 0.15) is 0 Å². The van der Waals surface area contributed by atoms with Crippen LogP contribution in [0.15, 0.2) is 41.1 Å². The summed E-state index contributed by atoms with van der Waals surface area (Å²) in [5.41, 5.74) is 0. The van der Waals surface area contributed by atoms with Crippen LogP contribution in [0.5, 0.6) is 0 Å². The van der Waals surface area contributed by atoms with Crippen LogP contribution in [0.1, 0.15) is 6.30 Å². The summed E-state index contributed by atoms with van der Waals surface area (Å²) in [4.78, 5) is 2.70. The normalized spacial score (nSPS) is 11.6. The van der Waals surface area contributed by atoms with Crippen molar-refractivity contribution in [3.05, 3.63) is 46.0 Å². The molecular weight excluding hydrogens is 210 g/mol. The van der Waals surface area contributed by atoms with E-state index < -0.39 is 0 Å². The van der Waals surface area contributed by atoms with Gasteiger partial charge in [-0.25, -0.2) is 0 Å². The van der Waals surface area contributed by atoms with Crippen molar-refractivity contribution in [1.82, 2.24) is 5.32 Å². The predicted octanol–water partition coefficient (Wildman–Crippen LogP) is 3.52. The maximum Gasteiger partial charge on any atom is 0.0303 e. The van der Waals surface area contributed by atoms with Crippen LogP contribution in [0.4, 0.5) is 0 Å². The van der Waals surface area contributed by atoms with Gasteiger partial charge in [-0.05, 0) is 22.6 Å². The maximum atomic E-state index is 3.69. The summed E-state index contributed by atoms with van der Waals surface area (Å²) in [5.74, 6) is 0. The standard InChI is InChI=1S/C11H15NS2.H2/c1-3-5-10(13-2)8-12-9-11-6-4-7-14-11;/h3-7,12H,1,8-9H2,2H3;1H/b10-5-;. The summed E-state index contributed by atoms with van der Waals surface area (Å²) in [6.45, 7) is 5.56. The third kappa shape index (κ3) is 4.13. The van der Waals surface area contributed by atoms with Gasteiger partial charge in [-0.15, -0.1) is 23.1 Å². The minimum atomic E-state index is 0. The van der Waals surface area contributed by atoms with Crippen LogP contribution in [0.25, 0.3) is 0 Å². The first-order valence-electron chi connectivity index (χ1n) is 4.45. The lowest BCUT2D eigenvalue weighted by atomic mass is 10.4. The summed E-state index contributed by atoms with van der Waals surface area (Å²) in [7, 11) is 0. The van der Waals surface area contributed by atoms with E-state index >= 15 is 0 Å². The number of allylic oxidation sites excluding steroid dienone is 2. The summed E-state index contributed by atoms with van der Waals surface area (Å²) in [5, 5.41) is 5.50. The Kier molecular flexibility index (Phi) is 5.68. The molecule has 1 nitrogen and oxygen atoms in total. The van der Waals surface area contributed by atoms with Crippen molar-refractivity contribution in [3.8, 4) is 0 Å². The molecule has 1 rings (SSSR count). The monoisotopic (exact) mass is 227 g/mol. The highest BCUT2D eigenvalue weighted by Crippen LogP contribution is 2.11. The first kappa shape index (κ1) is 11.6. The van der Waals surface area contributed by atoms with Crippen molar-refractivity contribution in [1.29, 1.82) is 0 Å². The molecule has 0 unspecified atom stereocenters. The van der Waals surface area contributed by atoms with Gasteiger partial charge in [0, 0.05) is 19.4 Å². The van der Waals surface area contributed by atoms with Crippen LogP contribution in [0.2, 0.25) is 0 Å². The Morgan fingerprint density at radius 3 is 3.21 bits per heavy atom. The van der Waals surface area contributed by atoms with E-state index in [4.69, 9.17) is 0 Å². The molecule has 0 aromatic carbocycles. The fourth-order valence-electron chi connectivity index (χ4n) is 1.05. The van der Waals surface area contributed by atoms with Crippen molar-refractivity contribution >= 4 is 23.1 Å². The van der Waals surface area contributed by atoms with Crippen LogP contribution in [-0.2, 0) is 6.54 Å². The average molecular weight is 227 g/mol. The first-order valence-corrected chi connectivity index (χ1v) is 6.56. The van der Waals surface area contributed by atoms with Gasteiger partial charge >= 0.3 is 0 Å². The van der Waals surface area contributed by atoms with E-state index in [2.05, 4.69) is 35.7 Å². The second-order valence-electron chi connectivity index (χ2n) is 2.76. The van der Waals surface area contributed by atoms with Crippen molar-refractivity contribution in [2.24, 2.45) is 0 Å². The number of hydrogen-bond donors (Lipinski definition) is 1. The minimum Gasteiger partial charge on any atom is -0.307 e. The Bertz CT molecular complexity index is 294. The molecule has 0 bridgehead atoms. The van der Waals surface area contributed by atoms with E-state index in [1.807, 2.05) is 12.2 Å². The lowest BCUT2D eigenvalue weighted by Crippen LogP contribution is -2.14. The molecule has 0 radical (unpaired) electrons. The van der Waals surface area contributed by atoms with E-state index in [0.717, 1.165) is 13.1 Å². The zero-order valence-electron chi connectivity index (χ0n) is 8.32. The molecule has 0 aliphatic carbocycles. The summed E-state index contributed by atoms with van der Waals surface area (Å²) in [6.07, 6.45) is 5.97. The van der Waals surface area contributed by atoms with E-state index in [0.29, 0.717) is 0 Å². The third-order valence-electron chi connectivity index (χ3n) is 1.74. The number of nitrogens with one attached hydrogen (secondary N) is 1. The van der Waals surface area contributed by atoms with Gasteiger partial charge in [0.25, 0.3) is 0 Å². The van der Waals surface area contributed by atoms with Gasteiger partial charge in [-0.3, -0.25) is 0 Å². The Labute approximate surface area is 95.4 Å². The minimum absolute atomic E-state index is 0. The molecule has 0 atom stereocenters. The number of rotatable bonds is 6. The Hall–Kier alpha value is -0.510. The van der Waals surface area contributed by atoms with E-state index in [1.165, 1.54) is 9.78 Å². The van der Waals surface area contributed by atoms with Crippen LogP contribution < -0.4 is 5.32 Å². The molecule has 0 aliphatic rings. The number of hydrogen-bond acceptors (Lipinski definition) is 3. The van der Waals surface area contributed by atoms with E-state index in [9.17, 15) is 0 Å². The Morgan fingerprint density at radius 1 is 1.79 bits per heavy atom. The molecular formula is C11H17NS2. The smallest absolute Gasteiger partial charge is 0.0303 e. The quantitative estimate of drug-likeness (QED) is 0.746. The van der Waals surface area contributed by atoms with E-state index in [1.54, 1.807) is 23.1 Å². The lowest BCUT2D eigenvalue weighted by molar-refractivity contribution is 0.765. The molecule has 1 aromatic heterocycles. The molecule has 0 spiro atoms. The second kappa shape index (κ2) is 6.87. The molecule has 1 aromatic rings. The molecule has 1 heterocycles. The molecule has 1 N–H and O–H groups in total. The molecule has 78 valence electrons. The molecule has 3 heteroatoms. The van der Waals surface area contributed by atoms with Gasteiger partial charge in [-0.2, -0.15) is 0 Å². The third-order valence-corrected chi connectivity index (χ3v) is 3.43. The first-order chi connectivity index (χ1) is 6.86. The fraction of sp³-hybridized carbons (Fsp3) is 0.273. The largest absolute Gasteiger partial charge is 0.307 e. The molecule has 0 aliphatic heterocycles. The Balaban J connectivity index is 0.00000196. The van der Waals surface area contributed by atoms with Crippen LogP contribution in [0, 0.1) is 0 Å². The van der Waals surface area contributed by atoms with E-state index in [-0.39, 0.29) is 1.43 Å².